The molecule has 0 aliphatic carbocycles. The summed E-state index contributed by atoms with van der Waals surface area (Å²) in [5.41, 5.74) is 0.971. The molecule has 0 saturated heterocycles. The minimum atomic E-state index is -0.447. The fraction of sp³-hybridized carbons (Fsp3) is 0. The molecule has 0 bridgehead atoms. The van der Waals surface area contributed by atoms with Gasteiger partial charge in [0.05, 0.1) is 11.2 Å². The maximum absolute atomic E-state index is 13.6. The maximum atomic E-state index is 13.6. The number of imidazole rings is 1. The molecule has 0 aliphatic heterocycles. The Morgan fingerprint density at radius 3 is 2.56 bits per heavy atom. The van der Waals surface area contributed by atoms with Crippen molar-refractivity contribution in [1.82, 2.24) is 9.55 Å². The van der Waals surface area contributed by atoms with Crippen molar-refractivity contribution in [2.75, 3.05) is 0 Å². The maximum Gasteiger partial charge on any atom is 0.331 e. The van der Waals surface area contributed by atoms with Gasteiger partial charge in [-0.15, -0.1) is 0 Å². The summed E-state index contributed by atoms with van der Waals surface area (Å²) in [4.78, 5) is 14.4. The predicted octanol–water partition coefficient (Wildman–Crippen LogP) is 3.11. The SMILES string of the molecule is O=c1[nH]c2c(F)cccc2n1-c1ccc(Cl)cc1. The number of nitrogens with one attached hydrogen (secondary N) is 1. The van der Waals surface area contributed by atoms with Crippen LogP contribution in [0.15, 0.2) is 47.3 Å². The Hall–Kier alpha value is -2.07. The van der Waals surface area contributed by atoms with Crippen LogP contribution in [0.5, 0.6) is 0 Å². The normalized spacial score (nSPS) is 11.0. The molecule has 0 fully saturated rings. The van der Waals surface area contributed by atoms with Crippen LogP contribution in [0.2, 0.25) is 5.02 Å². The quantitative estimate of drug-likeness (QED) is 0.719. The Morgan fingerprint density at radius 1 is 1.11 bits per heavy atom. The van der Waals surface area contributed by atoms with E-state index in [4.69, 9.17) is 11.6 Å². The van der Waals surface area contributed by atoms with Crippen LogP contribution >= 0.6 is 11.6 Å². The predicted molar refractivity (Wildman–Crippen MR) is 68.9 cm³/mol. The highest BCUT2D eigenvalue weighted by Crippen LogP contribution is 2.19. The molecule has 3 nitrogen and oxygen atoms in total. The molecule has 0 aliphatic rings. The molecule has 18 heavy (non-hydrogen) atoms. The van der Waals surface area contributed by atoms with E-state index in [-0.39, 0.29) is 11.2 Å². The fourth-order valence-corrected chi connectivity index (χ4v) is 2.07. The van der Waals surface area contributed by atoms with Crippen molar-refractivity contribution in [2.24, 2.45) is 0 Å². The molecule has 3 rings (SSSR count). The van der Waals surface area contributed by atoms with Crippen LogP contribution < -0.4 is 5.69 Å². The molecular formula is C13H8ClFN2O. The Balaban J connectivity index is 2.35. The highest BCUT2D eigenvalue weighted by atomic mass is 35.5. The molecule has 0 spiro atoms. The van der Waals surface area contributed by atoms with Crippen LogP contribution in [-0.4, -0.2) is 9.55 Å². The van der Waals surface area contributed by atoms with Gasteiger partial charge in [0.15, 0.2) is 0 Å². The molecule has 1 N–H and O–H groups in total. The second kappa shape index (κ2) is 3.99. The van der Waals surface area contributed by atoms with Crippen LogP contribution in [0.3, 0.4) is 0 Å². The van der Waals surface area contributed by atoms with E-state index >= 15 is 0 Å². The van der Waals surface area contributed by atoms with Crippen molar-refractivity contribution in [1.29, 1.82) is 0 Å². The number of hydrogen-bond donors (Lipinski definition) is 1. The molecular weight excluding hydrogens is 255 g/mol. The molecule has 5 heteroatoms. The Bertz CT molecular complexity index is 774. The average molecular weight is 263 g/mol. The van der Waals surface area contributed by atoms with E-state index in [9.17, 15) is 9.18 Å². The summed E-state index contributed by atoms with van der Waals surface area (Å²) in [6.45, 7) is 0. The van der Waals surface area contributed by atoms with Crippen molar-refractivity contribution in [3.05, 3.63) is 63.8 Å². The van der Waals surface area contributed by atoms with E-state index in [0.717, 1.165) is 0 Å². The summed E-state index contributed by atoms with van der Waals surface area (Å²) in [5, 5.41) is 0.581. The number of H-pyrrole nitrogens is 1. The van der Waals surface area contributed by atoms with Crippen molar-refractivity contribution < 1.29 is 4.39 Å². The smallest absolute Gasteiger partial charge is 0.303 e. The third-order valence-electron chi connectivity index (χ3n) is 2.75. The Morgan fingerprint density at radius 2 is 1.83 bits per heavy atom. The third kappa shape index (κ3) is 1.62. The molecule has 3 aromatic rings. The molecule has 0 atom stereocenters. The number of aromatic nitrogens is 2. The minimum Gasteiger partial charge on any atom is -0.303 e. The summed E-state index contributed by atoms with van der Waals surface area (Å²) < 4.78 is 15.0. The molecule has 0 saturated carbocycles. The molecule has 1 heterocycles. The summed E-state index contributed by atoms with van der Waals surface area (Å²) >= 11 is 5.80. The lowest BCUT2D eigenvalue weighted by atomic mass is 10.2. The summed E-state index contributed by atoms with van der Waals surface area (Å²) in [7, 11) is 0. The van der Waals surface area contributed by atoms with Gasteiger partial charge in [-0.2, -0.15) is 0 Å². The molecule has 2 aromatic carbocycles. The van der Waals surface area contributed by atoms with Gasteiger partial charge in [0, 0.05) is 5.02 Å². The van der Waals surface area contributed by atoms with Gasteiger partial charge in [0.2, 0.25) is 0 Å². The lowest BCUT2D eigenvalue weighted by molar-refractivity contribution is 0.637. The Kier molecular flexibility index (Phi) is 2.45. The second-order valence-electron chi connectivity index (χ2n) is 3.88. The number of halogens is 2. The van der Waals surface area contributed by atoms with E-state index in [1.807, 2.05) is 0 Å². The number of benzene rings is 2. The summed E-state index contributed by atoms with van der Waals surface area (Å²) in [6.07, 6.45) is 0. The summed E-state index contributed by atoms with van der Waals surface area (Å²) in [6, 6.07) is 11.3. The van der Waals surface area contributed by atoms with Gasteiger partial charge in [0.1, 0.15) is 11.3 Å². The van der Waals surface area contributed by atoms with E-state index < -0.39 is 5.82 Å². The van der Waals surface area contributed by atoms with E-state index in [0.29, 0.717) is 16.2 Å². The van der Waals surface area contributed by atoms with Crippen LogP contribution in [0.4, 0.5) is 4.39 Å². The average Bonchev–Trinajstić information content (AvgIpc) is 2.69. The lowest BCUT2D eigenvalue weighted by Gasteiger charge is -2.03. The van der Waals surface area contributed by atoms with Crippen molar-refractivity contribution in [2.45, 2.75) is 0 Å². The second-order valence-corrected chi connectivity index (χ2v) is 4.31. The zero-order chi connectivity index (χ0) is 12.7. The topological polar surface area (TPSA) is 37.8 Å². The van der Waals surface area contributed by atoms with Crippen LogP contribution in [0, 0.1) is 5.82 Å². The number of aromatic amines is 1. The van der Waals surface area contributed by atoms with E-state index in [1.165, 1.54) is 10.6 Å². The standard InChI is InChI=1S/C13H8ClFN2O/c14-8-4-6-9(7-5-8)17-11-3-1-2-10(15)12(11)16-13(17)18/h1-7H,(H,16,18). The van der Waals surface area contributed by atoms with Crippen LogP contribution in [0.1, 0.15) is 0 Å². The minimum absolute atomic E-state index is 0.206. The highest BCUT2D eigenvalue weighted by molar-refractivity contribution is 6.30. The largest absolute Gasteiger partial charge is 0.331 e. The van der Waals surface area contributed by atoms with Crippen molar-refractivity contribution >= 4 is 22.6 Å². The first-order valence-electron chi connectivity index (χ1n) is 5.32. The zero-order valence-corrected chi connectivity index (χ0v) is 9.91. The molecule has 90 valence electrons. The van der Waals surface area contributed by atoms with Crippen LogP contribution in [0.25, 0.3) is 16.7 Å². The third-order valence-corrected chi connectivity index (χ3v) is 3.00. The van der Waals surface area contributed by atoms with E-state index in [1.54, 1.807) is 36.4 Å². The van der Waals surface area contributed by atoms with E-state index in [2.05, 4.69) is 4.98 Å². The van der Waals surface area contributed by atoms with Crippen molar-refractivity contribution in [3.63, 3.8) is 0 Å². The first-order valence-corrected chi connectivity index (χ1v) is 5.70. The number of hydrogen-bond acceptors (Lipinski definition) is 1. The van der Waals surface area contributed by atoms with Gasteiger partial charge >= 0.3 is 5.69 Å². The van der Waals surface area contributed by atoms with Gasteiger partial charge in [-0.05, 0) is 36.4 Å². The number of para-hydroxylation sites is 1. The highest BCUT2D eigenvalue weighted by Gasteiger charge is 2.11. The first kappa shape index (κ1) is 11.0. The molecule has 0 unspecified atom stereocenters. The Labute approximate surface area is 106 Å². The van der Waals surface area contributed by atoms with Gasteiger partial charge in [-0.1, -0.05) is 17.7 Å². The monoisotopic (exact) mass is 262 g/mol. The lowest BCUT2D eigenvalue weighted by Crippen LogP contribution is -2.14. The summed E-state index contributed by atoms with van der Waals surface area (Å²) in [5.74, 6) is -0.447. The van der Waals surface area contributed by atoms with Gasteiger partial charge in [-0.25, -0.2) is 9.18 Å². The molecule has 0 radical (unpaired) electrons. The van der Waals surface area contributed by atoms with Gasteiger partial charge in [-0.3, -0.25) is 4.57 Å². The van der Waals surface area contributed by atoms with Crippen molar-refractivity contribution in [3.8, 4) is 5.69 Å². The molecule has 1 aromatic heterocycles. The number of rotatable bonds is 1. The first-order chi connectivity index (χ1) is 8.66. The molecule has 0 amide bonds. The fourth-order valence-electron chi connectivity index (χ4n) is 1.94. The van der Waals surface area contributed by atoms with Gasteiger partial charge < -0.3 is 4.98 Å². The number of nitrogens with zero attached hydrogens (tertiary/aromatic N) is 1. The number of fused-ring (bicyclic) bond motifs is 1. The van der Waals surface area contributed by atoms with Crippen LogP contribution in [-0.2, 0) is 0 Å². The zero-order valence-electron chi connectivity index (χ0n) is 9.15. The van der Waals surface area contributed by atoms with Gasteiger partial charge in [0.25, 0.3) is 0 Å².